The summed E-state index contributed by atoms with van der Waals surface area (Å²) < 4.78 is 4.12. The molecule has 0 aliphatic carbocycles. The van der Waals surface area contributed by atoms with Crippen LogP contribution in [0.15, 0.2) is 0 Å². The highest BCUT2D eigenvalue weighted by atomic mass is 31.2. The predicted molar refractivity (Wildman–Crippen MR) is 24.4 cm³/mol. The van der Waals surface area contributed by atoms with Gasteiger partial charge in [0.1, 0.15) is 0 Å². The molecule has 44 valence electrons. The van der Waals surface area contributed by atoms with Crippen LogP contribution in [0.25, 0.3) is 0 Å². The molecule has 0 saturated carbocycles. The van der Waals surface area contributed by atoms with Gasteiger partial charge in [-0.15, -0.1) is 0 Å². The van der Waals surface area contributed by atoms with Gasteiger partial charge in [0.2, 0.25) is 0 Å². The van der Waals surface area contributed by atoms with Crippen LogP contribution in [0.2, 0.25) is 0 Å². The summed E-state index contributed by atoms with van der Waals surface area (Å²) in [7, 11) is -2.27. The molecule has 0 unspecified atom stereocenters. The molecule has 0 radical (unpaired) electrons. The molecule has 5 heteroatoms. The largest absolute Gasteiger partial charge is 0.394 e. The van der Waals surface area contributed by atoms with Crippen molar-refractivity contribution in [3.63, 3.8) is 0 Å². The monoisotopic (exact) mass is 126 g/mol. The first-order valence-electron chi connectivity index (χ1n) is 1.69. The fraction of sp³-hybridized carbons (Fsp3) is 1.00. The predicted octanol–water partition coefficient (Wildman–Crippen LogP) is -0.793. The quantitative estimate of drug-likeness (QED) is 0.433. The summed E-state index contributed by atoms with van der Waals surface area (Å²) in [6.07, 6.45) is 0. The van der Waals surface area contributed by atoms with Crippen molar-refractivity contribution in [2.75, 3.05) is 13.2 Å². The van der Waals surface area contributed by atoms with Gasteiger partial charge in [-0.1, -0.05) is 0 Å². The molecule has 0 rings (SSSR count). The molecule has 4 nitrogen and oxygen atoms in total. The van der Waals surface area contributed by atoms with Gasteiger partial charge in [-0.2, -0.15) is 0 Å². The second-order valence-corrected chi connectivity index (χ2v) is 1.57. The van der Waals surface area contributed by atoms with E-state index in [9.17, 15) is 0 Å². The van der Waals surface area contributed by atoms with Gasteiger partial charge in [0.25, 0.3) is 0 Å². The van der Waals surface area contributed by atoms with Gasteiger partial charge in [0, 0.05) is 0 Å². The molecule has 7 heavy (non-hydrogen) atoms. The van der Waals surface area contributed by atoms with Crippen molar-refractivity contribution < 1.29 is 19.4 Å². The van der Waals surface area contributed by atoms with Crippen LogP contribution in [0.4, 0.5) is 0 Å². The minimum atomic E-state index is -2.27. The summed E-state index contributed by atoms with van der Waals surface area (Å²) in [5.74, 6) is 0. The first-order valence-corrected chi connectivity index (χ1v) is 2.85. The highest BCUT2D eigenvalue weighted by Gasteiger charge is 1.94. The smallest absolute Gasteiger partial charge is 0.327 e. The molecule has 0 aliphatic heterocycles. The summed E-state index contributed by atoms with van der Waals surface area (Å²) in [5.41, 5.74) is 0. The van der Waals surface area contributed by atoms with Crippen LogP contribution in [0.5, 0.6) is 0 Å². The number of hydrogen-bond donors (Lipinski definition) is 3. The van der Waals surface area contributed by atoms with Crippen molar-refractivity contribution in [2.45, 2.75) is 0 Å². The molecular formula is C2H7O4P. The minimum Gasteiger partial charge on any atom is -0.394 e. The average Bonchev–Trinajstić information content (AvgIpc) is 1.61. The Bertz CT molecular complexity index is 38.7. The van der Waals surface area contributed by atoms with E-state index in [1.165, 1.54) is 0 Å². The Hall–Kier alpha value is 0.270. The van der Waals surface area contributed by atoms with Crippen LogP contribution in [0, 0.1) is 0 Å². The van der Waals surface area contributed by atoms with Crippen molar-refractivity contribution in [2.24, 2.45) is 0 Å². The van der Waals surface area contributed by atoms with E-state index in [4.69, 9.17) is 14.9 Å². The summed E-state index contributed by atoms with van der Waals surface area (Å²) in [6, 6.07) is 0. The van der Waals surface area contributed by atoms with Crippen LogP contribution in [0.1, 0.15) is 0 Å². The lowest BCUT2D eigenvalue weighted by atomic mass is 10.8. The lowest BCUT2D eigenvalue weighted by Crippen LogP contribution is -1.92. The van der Waals surface area contributed by atoms with Gasteiger partial charge in [0.15, 0.2) is 0 Å². The Morgan fingerprint density at radius 2 is 2.00 bits per heavy atom. The van der Waals surface area contributed by atoms with Crippen LogP contribution in [-0.2, 0) is 4.52 Å². The van der Waals surface area contributed by atoms with Gasteiger partial charge in [-0.25, -0.2) is 0 Å². The fourth-order valence-corrected chi connectivity index (χ4v) is 0.367. The van der Waals surface area contributed by atoms with Crippen LogP contribution < -0.4 is 0 Å². The van der Waals surface area contributed by atoms with Crippen molar-refractivity contribution in [1.82, 2.24) is 0 Å². The fourth-order valence-electron chi connectivity index (χ4n) is 0.122. The summed E-state index contributed by atoms with van der Waals surface area (Å²) in [4.78, 5) is 15.9. The number of hydrogen-bond acceptors (Lipinski definition) is 4. The first kappa shape index (κ1) is 7.27. The van der Waals surface area contributed by atoms with E-state index in [1.807, 2.05) is 0 Å². The lowest BCUT2D eigenvalue weighted by molar-refractivity contribution is 0.181. The topological polar surface area (TPSA) is 69.9 Å². The second kappa shape index (κ2) is 4.43. The summed E-state index contributed by atoms with van der Waals surface area (Å²) in [5, 5.41) is 7.98. The van der Waals surface area contributed by atoms with E-state index < -0.39 is 8.60 Å². The zero-order valence-corrected chi connectivity index (χ0v) is 4.51. The van der Waals surface area contributed by atoms with E-state index in [-0.39, 0.29) is 13.2 Å². The second-order valence-electron chi connectivity index (χ2n) is 0.810. The van der Waals surface area contributed by atoms with E-state index in [2.05, 4.69) is 4.52 Å². The van der Waals surface area contributed by atoms with Gasteiger partial charge < -0.3 is 19.4 Å². The van der Waals surface area contributed by atoms with Gasteiger partial charge in [-0.05, 0) is 0 Å². The number of aliphatic hydroxyl groups excluding tert-OH is 1. The summed E-state index contributed by atoms with van der Waals surface area (Å²) >= 11 is 0. The Morgan fingerprint density at radius 1 is 1.43 bits per heavy atom. The molecule has 0 fully saturated rings. The molecule has 0 heterocycles. The highest BCUT2D eigenvalue weighted by Crippen LogP contribution is 2.22. The Labute approximate surface area is 42.4 Å². The molecular weight excluding hydrogens is 119 g/mol. The maximum absolute atomic E-state index is 7.98. The van der Waals surface area contributed by atoms with Gasteiger partial charge in [0.05, 0.1) is 13.2 Å². The molecule has 0 spiro atoms. The maximum atomic E-state index is 7.98. The third-order valence-corrected chi connectivity index (χ3v) is 0.712. The standard InChI is InChI=1S/C2H7O4P/c3-1-2-6-7(4)5/h3-5H,1-2H2. The third kappa shape index (κ3) is 6.27. The average molecular weight is 126 g/mol. The Kier molecular flexibility index (Phi) is 4.60. The maximum Gasteiger partial charge on any atom is 0.327 e. The van der Waals surface area contributed by atoms with E-state index >= 15 is 0 Å². The Morgan fingerprint density at radius 3 is 2.14 bits per heavy atom. The third-order valence-electron chi connectivity index (χ3n) is 0.298. The van der Waals surface area contributed by atoms with E-state index in [0.29, 0.717) is 0 Å². The molecule has 3 N–H and O–H groups in total. The van der Waals surface area contributed by atoms with Crippen molar-refractivity contribution in [3.05, 3.63) is 0 Å². The molecule has 0 aromatic carbocycles. The SMILES string of the molecule is OCCOP(O)O. The molecule has 0 atom stereocenters. The van der Waals surface area contributed by atoms with Gasteiger partial charge in [-0.3, -0.25) is 0 Å². The van der Waals surface area contributed by atoms with Gasteiger partial charge >= 0.3 is 8.60 Å². The molecule has 0 aromatic rings. The Balaban J connectivity index is 2.68. The van der Waals surface area contributed by atoms with E-state index in [1.54, 1.807) is 0 Å². The lowest BCUT2D eigenvalue weighted by Gasteiger charge is -1.97. The highest BCUT2D eigenvalue weighted by molar-refractivity contribution is 7.39. The number of rotatable bonds is 3. The van der Waals surface area contributed by atoms with Crippen molar-refractivity contribution in [1.29, 1.82) is 0 Å². The zero-order chi connectivity index (χ0) is 5.70. The molecule has 0 amide bonds. The van der Waals surface area contributed by atoms with Crippen LogP contribution in [0.3, 0.4) is 0 Å². The number of aliphatic hydroxyl groups is 1. The van der Waals surface area contributed by atoms with E-state index in [0.717, 1.165) is 0 Å². The van der Waals surface area contributed by atoms with Crippen molar-refractivity contribution in [3.8, 4) is 0 Å². The molecule has 0 saturated heterocycles. The normalized spacial score (nSPS) is 10.3. The zero-order valence-electron chi connectivity index (χ0n) is 3.61. The summed E-state index contributed by atoms with van der Waals surface area (Å²) in [6.45, 7) is -0.196. The van der Waals surface area contributed by atoms with Crippen LogP contribution in [-0.4, -0.2) is 28.1 Å². The van der Waals surface area contributed by atoms with Crippen LogP contribution >= 0.6 is 8.60 Å². The van der Waals surface area contributed by atoms with Crippen molar-refractivity contribution >= 4 is 8.60 Å². The molecule has 0 bridgehead atoms. The first-order chi connectivity index (χ1) is 3.27. The molecule has 0 aliphatic rings. The molecule has 0 aromatic heterocycles. The minimum absolute atomic E-state index is 0.0152.